The zero-order valence-electron chi connectivity index (χ0n) is 13.5. The molecule has 3 nitrogen and oxygen atoms in total. The first-order chi connectivity index (χ1) is 10.9. The number of piperazine rings is 1. The van der Waals surface area contributed by atoms with Gasteiger partial charge in [0.05, 0.1) is 0 Å². The molecule has 1 aromatic carbocycles. The topological polar surface area (TPSA) is 24.5 Å². The first-order valence-electron chi connectivity index (χ1n) is 8.14. The van der Waals surface area contributed by atoms with Crippen LogP contribution in [-0.2, 0) is 0 Å². The fourth-order valence-electron chi connectivity index (χ4n) is 3.89. The molecule has 1 saturated heterocycles. The van der Waals surface area contributed by atoms with Gasteiger partial charge < -0.3 is 15.0 Å². The van der Waals surface area contributed by atoms with E-state index in [-0.39, 0.29) is 5.54 Å². The molecule has 0 radical (unpaired) electrons. The number of nitrogens with zero attached hydrogens (tertiary/aromatic N) is 1. The third-order valence-corrected chi connectivity index (χ3v) is 4.73. The number of hydrogen-bond acceptors (Lipinski definition) is 3. The van der Waals surface area contributed by atoms with Gasteiger partial charge in [0, 0.05) is 35.9 Å². The molecule has 0 bridgehead atoms. The molecule has 6 heteroatoms. The van der Waals surface area contributed by atoms with Crippen molar-refractivity contribution in [1.82, 2.24) is 5.32 Å². The first kappa shape index (κ1) is 16.4. The quantitative estimate of drug-likeness (QED) is 0.910. The summed E-state index contributed by atoms with van der Waals surface area (Å²) in [5, 5.41) is 3.69. The smallest absolute Gasteiger partial charge is 0.387 e. The van der Waals surface area contributed by atoms with Crippen molar-refractivity contribution in [2.75, 3.05) is 11.4 Å². The van der Waals surface area contributed by atoms with Gasteiger partial charge in [0.1, 0.15) is 0 Å². The molecular formula is C17H23F3N2O. The van der Waals surface area contributed by atoms with E-state index in [9.17, 15) is 13.2 Å². The molecule has 2 unspecified atom stereocenters. The Labute approximate surface area is 134 Å². The van der Waals surface area contributed by atoms with Gasteiger partial charge in [0.15, 0.2) is 11.6 Å². The third-order valence-electron chi connectivity index (χ3n) is 4.73. The number of alkyl halides is 2. The second kappa shape index (κ2) is 6.23. The number of ether oxygens (including phenoxy) is 1. The van der Waals surface area contributed by atoms with Gasteiger partial charge in [-0.15, -0.1) is 0 Å². The SMILES string of the molecule is CC1(C)CN(c2ccc(OC(F)F)c(F)c2)C2CCCCC2N1. The van der Waals surface area contributed by atoms with Crippen LogP contribution in [0.1, 0.15) is 39.5 Å². The van der Waals surface area contributed by atoms with Gasteiger partial charge in [-0.25, -0.2) is 4.39 Å². The molecule has 0 amide bonds. The fourth-order valence-corrected chi connectivity index (χ4v) is 3.89. The molecule has 1 saturated carbocycles. The van der Waals surface area contributed by atoms with E-state index >= 15 is 0 Å². The van der Waals surface area contributed by atoms with Crippen LogP contribution in [0.25, 0.3) is 0 Å². The fraction of sp³-hybridized carbons (Fsp3) is 0.647. The van der Waals surface area contributed by atoms with Gasteiger partial charge in [0.2, 0.25) is 0 Å². The van der Waals surface area contributed by atoms with Crippen LogP contribution >= 0.6 is 0 Å². The van der Waals surface area contributed by atoms with Crippen molar-refractivity contribution in [3.63, 3.8) is 0 Å². The predicted molar refractivity (Wildman–Crippen MR) is 83.6 cm³/mol. The predicted octanol–water partition coefficient (Wildman–Crippen LogP) is 3.93. The zero-order valence-corrected chi connectivity index (χ0v) is 13.5. The Bertz CT molecular complexity index is 565. The molecule has 2 atom stereocenters. The molecule has 2 aliphatic rings. The summed E-state index contributed by atoms with van der Waals surface area (Å²) in [6.45, 7) is 2.00. The van der Waals surface area contributed by atoms with E-state index in [2.05, 4.69) is 28.8 Å². The number of halogens is 3. The van der Waals surface area contributed by atoms with Crippen molar-refractivity contribution >= 4 is 5.69 Å². The van der Waals surface area contributed by atoms with Crippen LogP contribution in [0.15, 0.2) is 18.2 Å². The first-order valence-corrected chi connectivity index (χ1v) is 8.14. The largest absolute Gasteiger partial charge is 0.432 e. The van der Waals surface area contributed by atoms with E-state index in [1.54, 1.807) is 6.07 Å². The normalized spacial score (nSPS) is 27.0. The summed E-state index contributed by atoms with van der Waals surface area (Å²) in [6, 6.07) is 4.98. The minimum atomic E-state index is -3.02. The van der Waals surface area contributed by atoms with Gasteiger partial charge in [-0.3, -0.25) is 0 Å². The summed E-state index contributed by atoms with van der Waals surface area (Å²) in [6.07, 6.45) is 4.53. The molecule has 23 heavy (non-hydrogen) atoms. The summed E-state index contributed by atoms with van der Waals surface area (Å²) in [7, 11) is 0. The highest BCUT2D eigenvalue weighted by Crippen LogP contribution is 2.35. The molecule has 1 N–H and O–H groups in total. The number of nitrogens with one attached hydrogen (secondary N) is 1. The summed E-state index contributed by atoms with van der Waals surface area (Å²) < 4.78 is 42.8. The van der Waals surface area contributed by atoms with Crippen LogP contribution in [0.2, 0.25) is 0 Å². The average molecular weight is 328 g/mol. The maximum atomic E-state index is 14.1. The molecule has 1 aromatic rings. The summed E-state index contributed by atoms with van der Waals surface area (Å²) >= 11 is 0. The van der Waals surface area contributed by atoms with Crippen molar-refractivity contribution in [3.05, 3.63) is 24.0 Å². The highest BCUT2D eigenvalue weighted by molar-refractivity contribution is 5.52. The van der Waals surface area contributed by atoms with Crippen LogP contribution in [0, 0.1) is 5.82 Å². The van der Waals surface area contributed by atoms with E-state index in [1.165, 1.54) is 18.6 Å². The van der Waals surface area contributed by atoms with Gasteiger partial charge in [-0.2, -0.15) is 8.78 Å². The van der Waals surface area contributed by atoms with Crippen molar-refractivity contribution in [3.8, 4) is 5.75 Å². The standard InChI is InChI=1S/C17H23F3N2O/c1-17(2)10-22(14-6-4-3-5-13(14)21-17)11-7-8-15(12(18)9-11)23-16(19)20/h7-9,13-14,16,21H,3-6,10H2,1-2H3. The minimum Gasteiger partial charge on any atom is -0.432 e. The van der Waals surface area contributed by atoms with E-state index in [0.717, 1.165) is 31.5 Å². The Balaban J connectivity index is 1.87. The van der Waals surface area contributed by atoms with Crippen molar-refractivity contribution < 1.29 is 17.9 Å². The van der Waals surface area contributed by atoms with Crippen molar-refractivity contribution in [2.45, 2.75) is 63.8 Å². The van der Waals surface area contributed by atoms with Gasteiger partial charge in [-0.1, -0.05) is 12.8 Å². The lowest BCUT2D eigenvalue weighted by Crippen LogP contribution is -2.67. The molecule has 1 aliphatic heterocycles. The monoisotopic (exact) mass is 328 g/mol. The molecule has 0 spiro atoms. The molecule has 1 aliphatic carbocycles. The number of anilines is 1. The van der Waals surface area contributed by atoms with Gasteiger partial charge in [0.25, 0.3) is 0 Å². The van der Waals surface area contributed by atoms with Crippen LogP contribution in [-0.4, -0.2) is 30.8 Å². The summed E-state index contributed by atoms with van der Waals surface area (Å²) in [5.74, 6) is -1.15. The van der Waals surface area contributed by atoms with Gasteiger partial charge in [-0.05, 0) is 38.8 Å². The van der Waals surface area contributed by atoms with Crippen LogP contribution in [0.3, 0.4) is 0 Å². The summed E-state index contributed by atoms with van der Waals surface area (Å²) in [4.78, 5) is 2.22. The van der Waals surface area contributed by atoms with Crippen LogP contribution in [0.5, 0.6) is 5.75 Å². The number of rotatable bonds is 3. The number of benzene rings is 1. The Kier molecular flexibility index (Phi) is 4.45. The Morgan fingerprint density at radius 3 is 2.70 bits per heavy atom. The second-order valence-electron chi connectivity index (χ2n) is 7.11. The average Bonchev–Trinajstić information content (AvgIpc) is 2.47. The van der Waals surface area contributed by atoms with E-state index in [4.69, 9.17) is 0 Å². The van der Waals surface area contributed by atoms with Crippen molar-refractivity contribution in [2.24, 2.45) is 0 Å². The minimum absolute atomic E-state index is 0.0763. The molecule has 3 rings (SSSR count). The Hall–Kier alpha value is -1.43. The molecule has 1 heterocycles. The van der Waals surface area contributed by atoms with Crippen LogP contribution < -0.4 is 15.0 Å². The number of fused-ring (bicyclic) bond motifs is 1. The lowest BCUT2D eigenvalue weighted by molar-refractivity contribution is -0.0521. The van der Waals surface area contributed by atoms with E-state index in [0.29, 0.717) is 12.1 Å². The highest BCUT2D eigenvalue weighted by Gasteiger charge is 2.40. The van der Waals surface area contributed by atoms with Crippen molar-refractivity contribution in [1.29, 1.82) is 0 Å². The molecule has 0 aromatic heterocycles. The van der Waals surface area contributed by atoms with Gasteiger partial charge >= 0.3 is 6.61 Å². The maximum absolute atomic E-state index is 14.1. The lowest BCUT2D eigenvalue weighted by Gasteiger charge is -2.52. The van der Waals surface area contributed by atoms with E-state index in [1.807, 2.05) is 0 Å². The zero-order chi connectivity index (χ0) is 16.6. The third kappa shape index (κ3) is 3.57. The Morgan fingerprint density at radius 1 is 1.26 bits per heavy atom. The van der Waals surface area contributed by atoms with Crippen LogP contribution in [0.4, 0.5) is 18.9 Å². The van der Waals surface area contributed by atoms with E-state index < -0.39 is 18.2 Å². The molecular weight excluding hydrogens is 305 g/mol. The molecule has 2 fully saturated rings. The maximum Gasteiger partial charge on any atom is 0.387 e. The molecule has 128 valence electrons. The Morgan fingerprint density at radius 2 is 2.00 bits per heavy atom. The number of hydrogen-bond donors (Lipinski definition) is 1. The lowest BCUT2D eigenvalue weighted by atomic mass is 9.83. The highest BCUT2D eigenvalue weighted by atomic mass is 19.3. The summed E-state index contributed by atoms with van der Waals surface area (Å²) in [5.41, 5.74) is 0.656. The second-order valence-corrected chi connectivity index (χ2v) is 7.11.